The van der Waals surface area contributed by atoms with E-state index in [9.17, 15) is 8.42 Å². The van der Waals surface area contributed by atoms with Crippen LogP contribution in [0.25, 0.3) is 0 Å². The Labute approximate surface area is 90.0 Å². The third-order valence-corrected chi connectivity index (χ3v) is 4.19. The van der Waals surface area contributed by atoms with Crippen molar-refractivity contribution in [2.24, 2.45) is 0 Å². The van der Waals surface area contributed by atoms with E-state index in [2.05, 4.69) is 0 Å². The van der Waals surface area contributed by atoms with E-state index in [1.54, 1.807) is 12.1 Å². The van der Waals surface area contributed by atoms with E-state index >= 15 is 0 Å². The maximum atomic E-state index is 11.1. The zero-order chi connectivity index (χ0) is 9.35. The average molecular weight is 317 g/mol. The minimum atomic E-state index is -3.19. The molecule has 12 heavy (non-hydrogen) atoms. The molecule has 0 atom stereocenters. The number of halogens is 2. The first-order chi connectivity index (χ1) is 5.43. The highest BCUT2D eigenvalue weighted by molar-refractivity contribution is 14.1. The number of hydrogen-bond donors (Lipinski definition) is 0. The maximum Gasteiger partial charge on any atom is 0.177 e. The maximum absolute atomic E-state index is 11.1. The normalized spacial score (nSPS) is 11.6. The standard InChI is InChI=1S/C7H6ClIO2S/c1-12(10,11)6-4-2-3-5(9)7(6)8/h2-4H,1H3. The van der Waals surface area contributed by atoms with Crippen molar-refractivity contribution in [1.29, 1.82) is 0 Å². The Bertz CT molecular complexity index is 400. The number of benzene rings is 1. The van der Waals surface area contributed by atoms with Crippen LogP contribution < -0.4 is 0 Å². The first-order valence-electron chi connectivity index (χ1n) is 3.07. The van der Waals surface area contributed by atoms with Gasteiger partial charge in [-0.2, -0.15) is 0 Å². The molecule has 0 heterocycles. The summed E-state index contributed by atoms with van der Waals surface area (Å²) in [6.45, 7) is 0. The number of rotatable bonds is 1. The summed E-state index contributed by atoms with van der Waals surface area (Å²) in [5.74, 6) is 0. The van der Waals surface area contributed by atoms with Crippen LogP contribution in [0.5, 0.6) is 0 Å². The molecule has 1 aromatic carbocycles. The van der Waals surface area contributed by atoms with Crippen LogP contribution in [0.3, 0.4) is 0 Å². The molecule has 0 amide bonds. The minimum Gasteiger partial charge on any atom is -0.224 e. The Morgan fingerprint density at radius 1 is 1.42 bits per heavy atom. The first-order valence-corrected chi connectivity index (χ1v) is 6.42. The van der Waals surface area contributed by atoms with Crippen molar-refractivity contribution in [2.45, 2.75) is 4.90 Å². The molecule has 5 heteroatoms. The number of sulfone groups is 1. The van der Waals surface area contributed by atoms with E-state index in [0.717, 1.165) is 9.83 Å². The van der Waals surface area contributed by atoms with Crippen molar-refractivity contribution in [2.75, 3.05) is 6.26 Å². The molecule has 0 saturated heterocycles. The molecule has 0 aromatic heterocycles. The van der Waals surface area contributed by atoms with Gasteiger partial charge >= 0.3 is 0 Å². The fourth-order valence-corrected chi connectivity index (χ4v) is 2.76. The molecule has 0 fully saturated rings. The molecule has 0 radical (unpaired) electrons. The van der Waals surface area contributed by atoms with E-state index in [0.29, 0.717) is 5.02 Å². The van der Waals surface area contributed by atoms with Gasteiger partial charge in [-0.05, 0) is 34.7 Å². The van der Waals surface area contributed by atoms with Crippen molar-refractivity contribution >= 4 is 44.0 Å². The molecular weight excluding hydrogens is 310 g/mol. The summed E-state index contributed by atoms with van der Waals surface area (Å²) in [5.41, 5.74) is 0. The zero-order valence-electron chi connectivity index (χ0n) is 6.21. The Morgan fingerprint density at radius 2 is 2.00 bits per heavy atom. The first kappa shape index (κ1) is 10.3. The van der Waals surface area contributed by atoms with Crippen LogP contribution in [-0.4, -0.2) is 14.7 Å². The second-order valence-corrected chi connectivity index (χ2v) is 5.85. The van der Waals surface area contributed by atoms with Crippen LogP contribution in [0.15, 0.2) is 23.1 Å². The summed E-state index contributed by atoms with van der Waals surface area (Å²) in [5, 5.41) is 0.306. The van der Waals surface area contributed by atoms with Crippen LogP contribution in [0.2, 0.25) is 5.02 Å². The quantitative estimate of drug-likeness (QED) is 0.745. The molecule has 2 nitrogen and oxygen atoms in total. The van der Waals surface area contributed by atoms with Gasteiger partial charge < -0.3 is 0 Å². The van der Waals surface area contributed by atoms with Gasteiger partial charge in [0, 0.05) is 9.83 Å². The Hall–Kier alpha value is 0.190. The monoisotopic (exact) mass is 316 g/mol. The SMILES string of the molecule is CS(=O)(=O)c1cccc(I)c1Cl. The summed E-state index contributed by atoms with van der Waals surface area (Å²) < 4.78 is 23.0. The van der Waals surface area contributed by atoms with Crippen LogP contribution in [-0.2, 0) is 9.84 Å². The molecule has 0 aliphatic carbocycles. The van der Waals surface area contributed by atoms with Crippen molar-refractivity contribution in [3.63, 3.8) is 0 Å². The van der Waals surface area contributed by atoms with E-state index in [4.69, 9.17) is 11.6 Å². The Balaban J connectivity index is 3.47. The number of hydrogen-bond acceptors (Lipinski definition) is 2. The van der Waals surface area contributed by atoms with Gasteiger partial charge in [0.15, 0.2) is 9.84 Å². The fourth-order valence-electron chi connectivity index (χ4n) is 0.770. The summed E-state index contributed by atoms with van der Waals surface area (Å²) in [6.07, 6.45) is 1.14. The molecular formula is C7H6ClIO2S. The smallest absolute Gasteiger partial charge is 0.177 e. The molecule has 1 aromatic rings. The predicted molar refractivity (Wildman–Crippen MR) is 57.3 cm³/mol. The third-order valence-electron chi connectivity index (χ3n) is 1.32. The van der Waals surface area contributed by atoms with Gasteiger partial charge in [0.25, 0.3) is 0 Å². The van der Waals surface area contributed by atoms with Gasteiger partial charge in [0.2, 0.25) is 0 Å². The lowest BCUT2D eigenvalue weighted by Crippen LogP contribution is -1.98. The van der Waals surface area contributed by atoms with Crippen LogP contribution in [0.4, 0.5) is 0 Å². The molecule has 0 bridgehead atoms. The molecule has 66 valence electrons. The lowest BCUT2D eigenvalue weighted by molar-refractivity contribution is 0.602. The fraction of sp³-hybridized carbons (Fsp3) is 0.143. The lowest BCUT2D eigenvalue weighted by Gasteiger charge is -2.01. The third kappa shape index (κ3) is 2.11. The second-order valence-electron chi connectivity index (χ2n) is 2.32. The van der Waals surface area contributed by atoms with Crippen LogP contribution in [0.1, 0.15) is 0 Å². The molecule has 0 spiro atoms. The molecule has 0 N–H and O–H groups in total. The van der Waals surface area contributed by atoms with E-state index in [-0.39, 0.29) is 4.90 Å². The average Bonchev–Trinajstić information content (AvgIpc) is 1.92. The molecule has 0 saturated carbocycles. The molecule has 1 rings (SSSR count). The Morgan fingerprint density at radius 3 is 2.42 bits per heavy atom. The second kappa shape index (κ2) is 3.51. The summed E-state index contributed by atoms with van der Waals surface area (Å²) in [6, 6.07) is 4.93. The highest BCUT2D eigenvalue weighted by Gasteiger charge is 2.12. The van der Waals surface area contributed by atoms with Crippen molar-refractivity contribution < 1.29 is 8.42 Å². The molecule has 0 aliphatic rings. The van der Waals surface area contributed by atoms with E-state index in [1.807, 2.05) is 22.6 Å². The molecule has 0 unspecified atom stereocenters. The largest absolute Gasteiger partial charge is 0.224 e. The van der Waals surface area contributed by atoms with E-state index < -0.39 is 9.84 Å². The van der Waals surface area contributed by atoms with Crippen LogP contribution in [0, 0.1) is 3.57 Å². The van der Waals surface area contributed by atoms with Gasteiger partial charge in [0.1, 0.15) is 0 Å². The Kier molecular flexibility index (Phi) is 3.01. The highest BCUT2D eigenvalue weighted by atomic mass is 127. The lowest BCUT2D eigenvalue weighted by atomic mass is 10.4. The van der Waals surface area contributed by atoms with Crippen LogP contribution >= 0.6 is 34.2 Å². The van der Waals surface area contributed by atoms with Gasteiger partial charge in [-0.3, -0.25) is 0 Å². The zero-order valence-corrected chi connectivity index (χ0v) is 9.94. The van der Waals surface area contributed by atoms with Crippen molar-refractivity contribution in [3.8, 4) is 0 Å². The summed E-state index contributed by atoms with van der Waals surface area (Å²) >= 11 is 7.78. The summed E-state index contributed by atoms with van der Waals surface area (Å²) in [7, 11) is -3.19. The minimum absolute atomic E-state index is 0.191. The van der Waals surface area contributed by atoms with Crippen molar-refractivity contribution in [1.82, 2.24) is 0 Å². The van der Waals surface area contributed by atoms with Gasteiger partial charge in [-0.15, -0.1) is 0 Å². The predicted octanol–water partition coefficient (Wildman–Crippen LogP) is 2.35. The topological polar surface area (TPSA) is 34.1 Å². The highest BCUT2D eigenvalue weighted by Crippen LogP contribution is 2.25. The van der Waals surface area contributed by atoms with Gasteiger partial charge in [0.05, 0.1) is 9.92 Å². The molecule has 0 aliphatic heterocycles. The van der Waals surface area contributed by atoms with E-state index in [1.165, 1.54) is 6.07 Å². The summed E-state index contributed by atoms with van der Waals surface area (Å²) in [4.78, 5) is 0.191. The van der Waals surface area contributed by atoms with Crippen molar-refractivity contribution in [3.05, 3.63) is 26.8 Å². The van der Waals surface area contributed by atoms with Gasteiger partial charge in [-0.25, -0.2) is 8.42 Å². The van der Waals surface area contributed by atoms with Gasteiger partial charge in [-0.1, -0.05) is 17.7 Å².